The molecule has 0 aliphatic carbocycles. The number of nitrogens with zero attached hydrogens (tertiary/aromatic N) is 1. The molecule has 0 radical (unpaired) electrons. The number of esters is 1. The van der Waals surface area contributed by atoms with Gasteiger partial charge in [-0.3, -0.25) is 4.79 Å². The first-order valence-corrected chi connectivity index (χ1v) is 9.78. The van der Waals surface area contributed by atoms with Gasteiger partial charge in [0.05, 0.1) is 26.2 Å². The SMILES string of the molecule is CCOC(=O)/C=C/c1ccccc1[C@@H]1/C(=C(/O)OC)CC(=O)N1Cc1ccccc1. The lowest BCUT2D eigenvalue weighted by Crippen LogP contribution is -2.28. The van der Waals surface area contributed by atoms with Crippen LogP contribution in [0.3, 0.4) is 0 Å². The molecule has 3 rings (SSSR count). The van der Waals surface area contributed by atoms with Gasteiger partial charge in [-0.15, -0.1) is 0 Å². The zero-order valence-electron chi connectivity index (χ0n) is 17.1. The number of benzene rings is 2. The highest BCUT2D eigenvalue weighted by Gasteiger charge is 2.40. The van der Waals surface area contributed by atoms with E-state index in [0.29, 0.717) is 18.7 Å². The summed E-state index contributed by atoms with van der Waals surface area (Å²) in [6.07, 6.45) is 3.09. The number of hydrogen-bond acceptors (Lipinski definition) is 5. The van der Waals surface area contributed by atoms with E-state index in [2.05, 4.69) is 0 Å². The van der Waals surface area contributed by atoms with Crippen LogP contribution in [0, 0.1) is 0 Å². The normalized spacial score (nSPS) is 18.0. The molecule has 6 nitrogen and oxygen atoms in total. The van der Waals surface area contributed by atoms with E-state index in [1.54, 1.807) is 17.9 Å². The second-order valence-corrected chi connectivity index (χ2v) is 6.84. The van der Waals surface area contributed by atoms with Crippen molar-refractivity contribution in [2.45, 2.75) is 25.9 Å². The monoisotopic (exact) mass is 407 g/mol. The summed E-state index contributed by atoms with van der Waals surface area (Å²) in [6, 6.07) is 16.6. The molecule has 2 aromatic carbocycles. The van der Waals surface area contributed by atoms with E-state index < -0.39 is 12.0 Å². The van der Waals surface area contributed by atoms with Gasteiger partial charge in [0.25, 0.3) is 5.95 Å². The van der Waals surface area contributed by atoms with Gasteiger partial charge in [0.2, 0.25) is 5.91 Å². The molecule has 1 atom stereocenters. The van der Waals surface area contributed by atoms with Crippen LogP contribution in [0.15, 0.2) is 72.2 Å². The maximum absolute atomic E-state index is 12.9. The molecule has 156 valence electrons. The fraction of sp³-hybridized carbons (Fsp3) is 0.250. The van der Waals surface area contributed by atoms with Crippen LogP contribution in [0.1, 0.15) is 36.1 Å². The Balaban J connectivity index is 2.04. The third-order valence-corrected chi connectivity index (χ3v) is 4.94. The lowest BCUT2D eigenvalue weighted by Gasteiger charge is -2.27. The van der Waals surface area contributed by atoms with E-state index in [1.807, 2.05) is 54.6 Å². The minimum Gasteiger partial charge on any atom is -0.481 e. The van der Waals surface area contributed by atoms with E-state index in [0.717, 1.165) is 16.7 Å². The first kappa shape index (κ1) is 21.2. The predicted molar refractivity (Wildman–Crippen MR) is 113 cm³/mol. The third-order valence-electron chi connectivity index (χ3n) is 4.94. The van der Waals surface area contributed by atoms with Gasteiger partial charge in [0.15, 0.2) is 0 Å². The number of rotatable bonds is 7. The van der Waals surface area contributed by atoms with Crippen molar-refractivity contribution in [2.75, 3.05) is 13.7 Å². The fourth-order valence-corrected chi connectivity index (χ4v) is 3.59. The third kappa shape index (κ3) is 4.71. The Labute approximate surface area is 176 Å². The minimum atomic E-state index is -0.513. The van der Waals surface area contributed by atoms with Gasteiger partial charge < -0.3 is 19.5 Å². The fourth-order valence-electron chi connectivity index (χ4n) is 3.59. The lowest BCUT2D eigenvalue weighted by atomic mass is 9.94. The van der Waals surface area contributed by atoms with Gasteiger partial charge in [0, 0.05) is 18.2 Å². The summed E-state index contributed by atoms with van der Waals surface area (Å²) in [5, 5.41) is 10.4. The number of carbonyl (C=O) groups excluding carboxylic acids is 2. The van der Waals surface area contributed by atoms with E-state index in [-0.39, 0.29) is 18.3 Å². The second-order valence-electron chi connectivity index (χ2n) is 6.84. The first-order chi connectivity index (χ1) is 14.5. The average Bonchev–Trinajstić information content (AvgIpc) is 3.08. The molecule has 0 saturated carbocycles. The van der Waals surface area contributed by atoms with E-state index >= 15 is 0 Å². The van der Waals surface area contributed by atoms with Crippen LogP contribution in [0.2, 0.25) is 0 Å². The average molecular weight is 407 g/mol. The summed E-state index contributed by atoms with van der Waals surface area (Å²) < 4.78 is 10.0. The second kappa shape index (κ2) is 9.78. The van der Waals surface area contributed by atoms with Crippen molar-refractivity contribution in [2.24, 2.45) is 0 Å². The standard InChI is InChI=1S/C24H25NO5/c1-3-30-22(27)14-13-18-11-7-8-12-19(18)23-20(24(28)29-2)15-21(26)25(23)16-17-9-5-4-6-10-17/h4-14,23,28H,3,15-16H2,1-2H3/b14-13+,24-20-/t23-/m1/s1. The Kier molecular flexibility index (Phi) is 6.91. The Morgan fingerprint density at radius 2 is 1.87 bits per heavy atom. The molecule has 1 heterocycles. The summed E-state index contributed by atoms with van der Waals surface area (Å²) in [5.41, 5.74) is 3.02. The molecule has 1 aliphatic heterocycles. The molecular formula is C24H25NO5. The maximum atomic E-state index is 12.9. The summed E-state index contributed by atoms with van der Waals surface area (Å²) in [6.45, 7) is 2.43. The number of aliphatic hydroxyl groups excluding tert-OH is 1. The topological polar surface area (TPSA) is 76.1 Å². The number of hydrogen-bond donors (Lipinski definition) is 1. The van der Waals surface area contributed by atoms with Crippen LogP contribution < -0.4 is 0 Å². The van der Waals surface area contributed by atoms with Crippen LogP contribution in [0.25, 0.3) is 6.08 Å². The molecular weight excluding hydrogens is 382 g/mol. The van der Waals surface area contributed by atoms with Crippen molar-refractivity contribution < 1.29 is 24.2 Å². The van der Waals surface area contributed by atoms with Crippen molar-refractivity contribution in [3.05, 3.63) is 88.9 Å². The molecule has 0 bridgehead atoms. The molecule has 0 aromatic heterocycles. The van der Waals surface area contributed by atoms with E-state index in [4.69, 9.17) is 9.47 Å². The van der Waals surface area contributed by atoms with Crippen molar-refractivity contribution >= 4 is 18.0 Å². The van der Waals surface area contributed by atoms with Crippen molar-refractivity contribution in [3.8, 4) is 0 Å². The van der Waals surface area contributed by atoms with Crippen LogP contribution in [0.4, 0.5) is 0 Å². The molecule has 0 unspecified atom stereocenters. The molecule has 1 fully saturated rings. The van der Waals surface area contributed by atoms with Crippen LogP contribution in [0.5, 0.6) is 0 Å². The minimum absolute atomic E-state index is 0.0626. The molecule has 1 amide bonds. The zero-order chi connectivity index (χ0) is 21.5. The molecule has 30 heavy (non-hydrogen) atoms. The number of likely N-dealkylation sites (tertiary alicyclic amines) is 1. The van der Waals surface area contributed by atoms with Gasteiger partial charge in [-0.05, 0) is 29.7 Å². The Hall–Kier alpha value is -3.54. The summed E-state index contributed by atoms with van der Waals surface area (Å²) in [5.74, 6) is -0.800. The number of ether oxygens (including phenoxy) is 2. The molecule has 2 aromatic rings. The smallest absolute Gasteiger partial charge is 0.330 e. The summed E-state index contributed by atoms with van der Waals surface area (Å²) in [7, 11) is 1.37. The van der Waals surface area contributed by atoms with Crippen LogP contribution in [-0.4, -0.2) is 35.6 Å². The maximum Gasteiger partial charge on any atom is 0.330 e. The number of amides is 1. The van der Waals surface area contributed by atoms with Crippen molar-refractivity contribution in [1.29, 1.82) is 0 Å². The van der Waals surface area contributed by atoms with E-state index in [9.17, 15) is 14.7 Å². The Morgan fingerprint density at radius 1 is 1.17 bits per heavy atom. The Bertz CT molecular complexity index is 965. The molecule has 1 saturated heterocycles. The van der Waals surface area contributed by atoms with Gasteiger partial charge in [-0.2, -0.15) is 0 Å². The molecule has 1 aliphatic rings. The van der Waals surface area contributed by atoms with Crippen molar-refractivity contribution in [3.63, 3.8) is 0 Å². The Morgan fingerprint density at radius 3 is 2.57 bits per heavy atom. The highest BCUT2D eigenvalue weighted by molar-refractivity contribution is 5.88. The lowest BCUT2D eigenvalue weighted by molar-refractivity contribution is -0.137. The van der Waals surface area contributed by atoms with Crippen LogP contribution >= 0.6 is 0 Å². The van der Waals surface area contributed by atoms with Gasteiger partial charge in [0.1, 0.15) is 0 Å². The number of methoxy groups -OCH3 is 1. The van der Waals surface area contributed by atoms with Gasteiger partial charge >= 0.3 is 5.97 Å². The van der Waals surface area contributed by atoms with Crippen LogP contribution in [-0.2, 0) is 25.6 Å². The molecule has 6 heteroatoms. The quantitative estimate of drug-likeness (QED) is 0.424. The predicted octanol–water partition coefficient (Wildman–Crippen LogP) is 4.15. The molecule has 0 spiro atoms. The number of aliphatic hydroxyl groups is 1. The number of carbonyl (C=O) groups is 2. The van der Waals surface area contributed by atoms with Gasteiger partial charge in [-0.1, -0.05) is 54.6 Å². The summed E-state index contributed by atoms with van der Waals surface area (Å²) in [4.78, 5) is 26.4. The highest BCUT2D eigenvalue weighted by atomic mass is 16.6. The van der Waals surface area contributed by atoms with E-state index in [1.165, 1.54) is 13.2 Å². The first-order valence-electron chi connectivity index (χ1n) is 9.78. The van der Waals surface area contributed by atoms with Gasteiger partial charge in [-0.25, -0.2) is 4.79 Å². The largest absolute Gasteiger partial charge is 0.481 e. The molecule has 1 N–H and O–H groups in total. The zero-order valence-corrected chi connectivity index (χ0v) is 17.1. The van der Waals surface area contributed by atoms with Crippen molar-refractivity contribution in [1.82, 2.24) is 4.90 Å². The summed E-state index contributed by atoms with van der Waals surface area (Å²) >= 11 is 0. The highest BCUT2D eigenvalue weighted by Crippen LogP contribution is 2.41.